The first-order valence-corrected chi connectivity index (χ1v) is 8.59. The van der Waals surface area contributed by atoms with Crippen molar-refractivity contribution in [1.29, 1.82) is 0 Å². The lowest BCUT2D eigenvalue weighted by Gasteiger charge is -2.17. The topological polar surface area (TPSA) is 43.2 Å². The van der Waals surface area contributed by atoms with E-state index in [1.807, 2.05) is 22.9 Å². The average Bonchev–Trinajstić information content (AvgIpc) is 3.08. The van der Waals surface area contributed by atoms with Gasteiger partial charge in [0, 0.05) is 50.2 Å². The highest BCUT2D eigenvalue weighted by Gasteiger charge is 2.10. The standard InChI is InChI=1S/C18H20N4OS/c1-21(2)16-7-5-4-6-14(16)13-24-18-20-10-11-22(18)17-12-15(23-3)8-9-19-17/h4-12H,13H2,1-3H3. The molecule has 0 spiro atoms. The number of benzene rings is 1. The first-order valence-electron chi connectivity index (χ1n) is 7.61. The molecule has 0 amide bonds. The Morgan fingerprint density at radius 3 is 2.75 bits per heavy atom. The quantitative estimate of drug-likeness (QED) is 0.641. The summed E-state index contributed by atoms with van der Waals surface area (Å²) in [5.74, 6) is 2.42. The van der Waals surface area contributed by atoms with Gasteiger partial charge in [-0.1, -0.05) is 30.0 Å². The molecule has 0 aliphatic heterocycles. The Kier molecular flexibility index (Phi) is 5.05. The number of methoxy groups -OCH3 is 1. The number of ether oxygens (including phenoxy) is 1. The Bertz CT molecular complexity index is 816. The lowest BCUT2D eigenvalue weighted by molar-refractivity contribution is 0.414. The zero-order valence-corrected chi connectivity index (χ0v) is 14.8. The number of hydrogen-bond donors (Lipinski definition) is 0. The van der Waals surface area contributed by atoms with E-state index in [0.717, 1.165) is 22.5 Å². The third kappa shape index (κ3) is 3.54. The van der Waals surface area contributed by atoms with E-state index in [2.05, 4.69) is 53.2 Å². The second-order valence-corrected chi connectivity index (χ2v) is 6.39. The lowest BCUT2D eigenvalue weighted by atomic mass is 10.2. The second-order valence-electron chi connectivity index (χ2n) is 5.45. The molecule has 0 N–H and O–H groups in total. The Morgan fingerprint density at radius 2 is 1.96 bits per heavy atom. The van der Waals surface area contributed by atoms with Crippen molar-refractivity contribution < 1.29 is 4.74 Å². The normalized spacial score (nSPS) is 10.6. The van der Waals surface area contributed by atoms with Gasteiger partial charge in [-0.25, -0.2) is 9.97 Å². The number of nitrogens with zero attached hydrogens (tertiary/aromatic N) is 4. The minimum Gasteiger partial charge on any atom is -0.497 e. The highest BCUT2D eigenvalue weighted by Crippen LogP contribution is 2.28. The molecular formula is C18H20N4OS. The fourth-order valence-corrected chi connectivity index (χ4v) is 3.40. The van der Waals surface area contributed by atoms with Gasteiger partial charge in [-0.15, -0.1) is 0 Å². The molecule has 0 unspecified atom stereocenters. The number of hydrogen-bond acceptors (Lipinski definition) is 5. The van der Waals surface area contributed by atoms with E-state index in [1.165, 1.54) is 11.3 Å². The summed E-state index contributed by atoms with van der Waals surface area (Å²) in [4.78, 5) is 11.0. The summed E-state index contributed by atoms with van der Waals surface area (Å²) >= 11 is 1.69. The maximum atomic E-state index is 5.28. The summed E-state index contributed by atoms with van der Waals surface area (Å²) < 4.78 is 7.26. The molecule has 3 aromatic rings. The predicted molar refractivity (Wildman–Crippen MR) is 98.2 cm³/mol. The van der Waals surface area contributed by atoms with Crippen LogP contribution in [-0.4, -0.2) is 35.7 Å². The number of aromatic nitrogens is 3. The third-order valence-electron chi connectivity index (χ3n) is 3.64. The number of rotatable bonds is 6. The Morgan fingerprint density at radius 1 is 1.12 bits per heavy atom. The molecule has 124 valence electrons. The van der Waals surface area contributed by atoms with E-state index in [1.54, 1.807) is 31.3 Å². The molecule has 0 fully saturated rings. The SMILES string of the molecule is COc1ccnc(-n2ccnc2SCc2ccccc2N(C)C)c1. The van der Waals surface area contributed by atoms with Gasteiger partial charge in [0.05, 0.1) is 7.11 Å². The zero-order chi connectivity index (χ0) is 16.9. The molecule has 24 heavy (non-hydrogen) atoms. The number of thioether (sulfide) groups is 1. The second kappa shape index (κ2) is 7.40. The molecule has 0 saturated carbocycles. The number of para-hydroxylation sites is 1. The van der Waals surface area contributed by atoms with Crippen molar-refractivity contribution in [3.05, 3.63) is 60.6 Å². The fourth-order valence-electron chi connectivity index (χ4n) is 2.44. The van der Waals surface area contributed by atoms with Gasteiger partial charge in [0.25, 0.3) is 0 Å². The summed E-state index contributed by atoms with van der Waals surface area (Å²) in [6, 6.07) is 12.1. The molecule has 2 aromatic heterocycles. The molecule has 0 aliphatic rings. The monoisotopic (exact) mass is 340 g/mol. The van der Waals surface area contributed by atoms with Crippen LogP contribution < -0.4 is 9.64 Å². The van der Waals surface area contributed by atoms with E-state index in [4.69, 9.17) is 4.74 Å². The maximum absolute atomic E-state index is 5.28. The molecule has 0 aliphatic carbocycles. The molecule has 0 saturated heterocycles. The van der Waals surface area contributed by atoms with Crippen LogP contribution in [0.4, 0.5) is 5.69 Å². The van der Waals surface area contributed by atoms with E-state index < -0.39 is 0 Å². The van der Waals surface area contributed by atoms with Crippen molar-refractivity contribution >= 4 is 17.4 Å². The summed E-state index contributed by atoms with van der Waals surface area (Å²) in [6.45, 7) is 0. The van der Waals surface area contributed by atoms with Gasteiger partial charge in [0.1, 0.15) is 11.6 Å². The highest BCUT2D eigenvalue weighted by molar-refractivity contribution is 7.98. The molecule has 3 rings (SSSR count). The number of imidazole rings is 1. The van der Waals surface area contributed by atoms with Crippen molar-refractivity contribution in [3.63, 3.8) is 0 Å². The third-order valence-corrected chi connectivity index (χ3v) is 4.65. The van der Waals surface area contributed by atoms with Crippen LogP contribution >= 0.6 is 11.8 Å². The minimum atomic E-state index is 0.780. The molecule has 0 atom stereocenters. The lowest BCUT2D eigenvalue weighted by Crippen LogP contribution is -2.10. The van der Waals surface area contributed by atoms with E-state index >= 15 is 0 Å². The molecule has 5 nitrogen and oxygen atoms in total. The van der Waals surface area contributed by atoms with E-state index in [0.29, 0.717) is 0 Å². The first-order chi connectivity index (χ1) is 11.7. The predicted octanol–water partition coefficient (Wildman–Crippen LogP) is 3.63. The van der Waals surface area contributed by atoms with Crippen molar-refractivity contribution in [1.82, 2.24) is 14.5 Å². The van der Waals surface area contributed by atoms with Crippen LogP contribution in [0.2, 0.25) is 0 Å². The van der Waals surface area contributed by atoms with Crippen molar-refractivity contribution in [3.8, 4) is 11.6 Å². The van der Waals surface area contributed by atoms with Gasteiger partial charge in [0.15, 0.2) is 5.16 Å². The molecule has 0 radical (unpaired) electrons. The molecule has 2 heterocycles. The minimum absolute atomic E-state index is 0.780. The maximum Gasteiger partial charge on any atom is 0.174 e. The van der Waals surface area contributed by atoms with Crippen LogP contribution in [0, 0.1) is 0 Å². The van der Waals surface area contributed by atoms with Crippen LogP contribution in [0.3, 0.4) is 0 Å². The van der Waals surface area contributed by atoms with Crippen LogP contribution in [0.1, 0.15) is 5.56 Å². The van der Waals surface area contributed by atoms with Crippen molar-refractivity contribution in [2.24, 2.45) is 0 Å². The van der Waals surface area contributed by atoms with Gasteiger partial charge in [-0.3, -0.25) is 4.57 Å². The molecule has 6 heteroatoms. The summed E-state index contributed by atoms with van der Waals surface area (Å²) in [7, 11) is 5.77. The van der Waals surface area contributed by atoms with Crippen LogP contribution in [0.15, 0.2) is 60.1 Å². The average molecular weight is 340 g/mol. The van der Waals surface area contributed by atoms with Crippen LogP contribution in [0.25, 0.3) is 5.82 Å². The Hall–Kier alpha value is -2.47. The number of pyridine rings is 1. The smallest absolute Gasteiger partial charge is 0.174 e. The first kappa shape index (κ1) is 16.4. The summed E-state index contributed by atoms with van der Waals surface area (Å²) in [6.07, 6.45) is 5.45. The molecule has 0 bridgehead atoms. The van der Waals surface area contributed by atoms with Gasteiger partial charge in [0.2, 0.25) is 0 Å². The largest absolute Gasteiger partial charge is 0.497 e. The summed E-state index contributed by atoms with van der Waals surface area (Å²) in [5, 5.41) is 0.907. The van der Waals surface area contributed by atoms with Gasteiger partial charge in [-0.2, -0.15) is 0 Å². The van der Waals surface area contributed by atoms with Crippen LogP contribution in [0.5, 0.6) is 5.75 Å². The van der Waals surface area contributed by atoms with Gasteiger partial charge < -0.3 is 9.64 Å². The fraction of sp³-hybridized carbons (Fsp3) is 0.222. The van der Waals surface area contributed by atoms with Gasteiger partial charge >= 0.3 is 0 Å². The van der Waals surface area contributed by atoms with Crippen molar-refractivity contribution in [2.75, 3.05) is 26.1 Å². The van der Waals surface area contributed by atoms with Crippen molar-refractivity contribution in [2.45, 2.75) is 10.9 Å². The summed E-state index contributed by atoms with van der Waals surface area (Å²) in [5.41, 5.74) is 2.50. The highest BCUT2D eigenvalue weighted by atomic mass is 32.2. The zero-order valence-electron chi connectivity index (χ0n) is 14.0. The van der Waals surface area contributed by atoms with E-state index in [-0.39, 0.29) is 0 Å². The number of anilines is 1. The Labute approximate surface area is 146 Å². The molecular weight excluding hydrogens is 320 g/mol. The van der Waals surface area contributed by atoms with Gasteiger partial charge in [-0.05, 0) is 17.7 Å². The Balaban J connectivity index is 1.82. The van der Waals surface area contributed by atoms with Crippen LogP contribution in [-0.2, 0) is 5.75 Å². The molecule has 1 aromatic carbocycles. The van der Waals surface area contributed by atoms with E-state index in [9.17, 15) is 0 Å².